The van der Waals surface area contributed by atoms with E-state index in [9.17, 15) is 4.79 Å². The van der Waals surface area contributed by atoms with Crippen LogP contribution in [0.1, 0.15) is 78.1 Å². The summed E-state index contributed by atoms with van der Waals surface area (Å²) in [7, 11) is 0. The second-order valence-electron chi connectivity index (χ2n) is 5.41. The summed E-state index contributed by atoms with van der Waals surface area (Å²) in [6.45, 7) is 4.50. The van der Waals surface area contributed by atoms with Crippen molar-refractivity contribution in [1.82, 2.24) is 0 Å². The van der Waals surface area contributed by atoms with E-state index in [-0.39, 0.29) is 5.97 Å². The summed E-state index contributed by atoms with van der Waals surface area (Å²) < 4.78 is 4.90. The quantitative estimate of drug-likeness (QED) is 0.219. The molecule has 0 amide bonds. The van der Waals surface area contributed by atoms with Gasteiger partial charge in [-0.05, 0) is 45.4 Å². The first-order valence-electron chi connectivity index (χ1n) is 8.91. The highest BCUT2D eigenvalue weighted by Crippen LogP contribution is 2.08. The molecule has 0 fully saturated rings. The first-order chi connectivity index (χ1) is 10.8. The number of unbranched alkanes of at least 4 members (excludes halogenated alkanes) is 5. The standard InChI is InChI=1S/C20H34O2/c1-3-5-6-7-8-9-10-11-12-13-14-15-16-17-18-19-20(21)22-4-2/h5-6,8-9,11-12H,3-4,7,10,13-19H2,1-2H3/b6-5+,9-8+,12-11+. The molecule has 0 saturated heterocycles. The molecule has 0 heterocycles. The number of carbonyl (C=O) groups is 1. The molecule has 2 nitrogen and oxygen atoms in total. The molecule has 0 aromatic heterocycles. The average molecular weight is 306 g/mol. The predicted molar refractivity (Wildman–Crippen MR) is 95.9 cm³/mol. The van der Waals surface area contributed by atoms with Gasteiger partial charge in [0, 0.05) is 6.42 Å². The zero-order valence-corrected chi connectivity index (χ0v) is 14.6. The zero-order chi connectivity index (χ0) is 16.3. The van der Waals surface area contributed by atoms with Gasteiger partial charge in [-0.25, -0.2) is 0 Å². The van der Waals surface area contributed by atoms with Gasteiger partial charge in [0.25, 0.3) is 0 Å². The van der Waals surface area contributed by atoms with E-state index in [2.05, 4.69) is 43.4 Å². The number of hydrogen-bond donors (Lipinski definition) is 0. The topological polar surface area (TPSA) is 26.3 Å². The molecule has 0 aromatic carbocycles. The van der Waals surface area contributed by atoms with E-state index in [0.717, 1.165) is 32.1 Å². The molecule has 0 aromatic rings. The molecule has 0 saturated carbocycles. The molecular weight excluding hydrogens is 272 g/mol. The molecule has 0 aliphatic rings. The summed E-state index contributed by atoms with van der Waals surface area (Å²) in [5, 5.41) is 0. The summed E-state index contributed by atoms with van der Waals surface area (Å²) in [5.74, 6) is -0.0522. The van der Waals surface area contributed by atoms with Gasteiger partial charge in [0.1, 0.15) is 0 Å². The van der Waals surface area contributed by atoms with Crippen molar-refractivity contribution in [3.63, 3.8) is 0 Å². The smallest absolute Gasteiger partial charge is 0.305 e. The maximum absolute atomic E-state index is 11.1. The van der Waals surface area contributed by atoms with Gasteiger partial charge in [-0.3, -0.25) is 4.79 Å². The minimum absolute atomic E-state index is 0.0522. The second kappa shape index (κ2) is 17.7. The van der Waals surface area contributed by atoms with Crippen molar-refractivity contribution < 1.29 is 9.53 Å². The van der Waals surface area contributed by atoms with Crippen LogP contribution in [0.5, 0.6) is 0 Å². The van der Waals surface area contributed by atoms with Crippen LogP contribution in [-0.2, 0) is 9.53 Å². The Labute approximate surface area is 137 Å². The van der Waals surface area contributed by atoms with Gasteiger partial charge in [-0.15, -0.1) is 0 Å². The first kappa shape index (κ1) is 20.7. The van der Waals surface area contributed by atoms with E-state index in [0.29, 0.717) is 13.0 Å². The van der Waals surface area contributed by atoms with Crippen LogP contribution in [0.3, 0.4) is 0 Å². The summed E-state index contributed by atoms with van der Waals surface area (Å²) in [4.78, 5) is 11.1. The normalized spacial score (nSPS) is 11.9. The molecule has 0 radical (unpaired) electrons. The lowest BCUT2D eigenvalue weighted by molar-refractivity contribution is -0.143. The van der Waals surface area contributed by atoms with Crippen molar-refractivity contribution in [1.29, 1.82) is 0 Å². The molecule has 0 unspecified atom stereocenters. The summed E-state index contributed by atoms with van der Waals surface area (Å²) in [6.07, 6.45) is 24.2. The van der Waals surface area contributed by atoms with E-state index in [1.54, 1.807) is 0 Å². The van der Waals surface area contributed by atoms with Gasteiger partial charge in [0.05, 0.1) is 6.61 Å². The maximum atomic E-state index is 11.1. The van der Waals surface area contributed by atoms with Gasteiger partial charge >= 0.3 is 5.97 Å². The van der Waals surface area contributed by atoms with Crippen LogP contribution in [0, 0.1) is 0 Å². The first-order valence-corrected chi connectivity index (χ1v) is 8.91. The molecule has 0 N–H and O–H groups in total. The summed E-state index contributed by atoms with van der Waals surface area (Å²) >= 11 is 0. The fraction of sp³-hybridized carbons (Fsp3) is 0.650. The van der Waals surface area contributed by atoms with Crippen molar-refractivity contribution >= 4 is 5.97 Å². The molecule has 0 aliphatic heterocycles. The van der Waals surface area contributed by atoms with Crippen LogP contribution >= 0.6 is 0 Å². The number of hydrogen-bond acceptors (Lipinski definition) is 2. The summed E-state index contributed by atoms with van der Waals surface area (Å²) in [5.41, 5.74) is 0. The van der Waals surface area contributed by atoms with Gasteiger partial charge in [-0.1, -0.05) is 62.6 Å². The molecule has 0 spiro atoms. The van der Waals surface area contributed by atoms with Crippen molar-refractivity contribution in [2.45, 2.75) is 78.1 Å². The Kier molecular flexibility index (Phi) is 16.7. The molecule has 0 bridgehead atoms. The number of ether oxygens (including phenoxy) is 1. The fourth-order valence-corrected chi connectivity index (χ4v) is 2.12. The van der Waals surface area contributed by atoms with Gasteiger partial charge in [0.2, 0.25) is 0 Å². The number of allylic oxidation sites excluding steroid dienone is 6. The number of carbonyl (C=O) groups excluding carboxylic acids is 1. The van der Waals surface area contributed by atoms with Gasteiger partial charge in [0.15, 0.2) is 0 Å². The maximum Gasteiger partial charge on any atom is 0.305 e. The zero-order valence-electron chi connectivity index (χ0n) is 14.6. The van der Waals surface area contributed by atoms with Crippen LogP contribution in [0.4, 0.5) is 0 Å². The van der Waals surface area contributed by atoms with Crippen LogP contribution in [0.2, 0.25) is 0 Å². The third kappa shape index (κ3) is 16.7. The van der Waals surface area contributed by atoms with Crippen molar-refractivity contribution in [2.75, 3.05) is 6.61 Å². The molecular formula is C20H34O2. The monoisotopic (exact) mass is 306 g/mol. The van der Waals surface area contributed by atoms with E-state index in [4.69, 9.17) is 4.74 Å². The number of rotatable bonds is 14. The van der Waals surface area contributed by atoms with Crippen molar-refractivity contribution in [3.8, 4) is 0 Å². The molecule has 0 atom stereocenters. The Morgan fingerprint density at radius 1 is 0.773 bits per heavy atom. The molecule has 2 heteroatoms. The lowest BCUT2D eigenvalue weighted by Gasteiger charge is -2.01. The van der Waals surface area contributed by atoms with E-state index < -0.39 is 0 Å². The Bertz CT molecular complexity index is 327. The highest BCUT2D eigenvalue weighted by Gasteiger charge is 2.00. The second-order valence-corrected chi connectivity index (χ2v) is 5.41. The predicted octanol–water partition coefficient (Wildman–Crippen LogP) is 6.14. The van der Waals surface area contributed by atoms with Gasteiger partial charge in [-0.2, -0.15) is 0 Å². The molecule has 0 rings (SSSR count). The fourth-order valence-electron chi connectivity index (χ4n) is 2.12. The van der Waals surface area contributed by atoms with Crippen LogP contribution < -0.4 is 0 Å². The highest BCUT2D eigenvalue weighted by molar-refractivity contribution is 5.69. The Hall–Kier alpha value is -1.31. The lowest BCUT2D eigenvalue weighted by Crippen LogP contribution is -2.03. The van der Waals surface area contributed by atoms with E-state index in [1.807, 2.05) is 6.92 Å². The SMILES string of the molecule is CC/C=C/C/C=C/C/C=C/CCCCCCCC(=O)OCC. The minimum atomic E-state index is -0.0522. The van der Waals surface area contributed by atoms with E-state index >= 15 is 0 Å². The molecule has 126 valence electrons. The third-order valence-corrected chi connectivity index (χ3v) is 3.34. The number of esters is 1. The van der Waals surface area contributed by atoms with Crippen LogP contribution in [-0.4, -0.2) is 12.6 Å². The minimum Gasteiger partial charge on any atom is -0.466 e. The van der Waals surface area contributed by atoms with Crippen molar-refractivity contribution in [3.05, 3.63) is 36.5 Å². The highest BCUT2D eigenvalue weighted by atomic mass is 16.5. The van der Waals surface area contributed by atoms with E-state index in [1.165, 1.54) is 25.7 Å². The van der Waals surface area contributed by atoms with Gasteiger partial charge < -0.3 is 4.74 Å². The molecule has 0 aliphatic carbocycles. The Morgan fingerprint density at radius 2 is 1.36 bits per heavy atom. The largest absolute Gasteiger partial charge is 0.466 e. The van der Waals surface area contributed by atoms with Crippen molar-refractivity contribution in [2.24, 2.45) is 0 Å². The lowest BCUT2D eigenvalue weighted by atomic mass is 10.1. The van der Waals surface area contributed by atoms with Crippen LogP contribution in [0.15, 0.2) is 36.5 Å². The Balaban J connectivity index is 3.27. The molecule has 22 heavy (non-hydrogen) atoms. The average Bonchev–Trinajstić information content (AvgIpc) is 2.51. The van der Waals surface area contributed by atoms with Crippen LogP contribution in [0.25, 0.3) is 0 Å². The third-order valence-electron chi connectivity index (χ3n) is 3.34. The summed E-state index contributed by atoms with van der Waals surface area (Å²) in [6, 6.07) is 0. The Morgan fingerprint density at radius 3 is 2.05 bits per heavy atom.